The maximum absolute atomic E-state index is 13.9. The summed E-state index contributed by atoms with van der Waals surface area (Å²) in [5.41, 5.74) is 0.712. The van der Waals surface area contributed by atoms with Crippen molar-refractivity contribution in [2.45, 2.75) is 71.8 Å². The van der Waals surface area contributed by atoms with Crippen molar-refractivity contribution in [2.75, 3.05) is 6.54 Å². The number of ketones is 1. The van der Waals surface area contributed by atoms with Gasteiger partial charge in [0.15, 0.2) is 5.78 Å². The topological polar surface area (TPSA) is 37.4 Å². The third-order valence-corrected chi connectivity index (χ3v) is 7.27. The summed E-state index contributed by atoms with van der Waals surface area (Å²) in [5, 5.41) is 0.713. The number of carbonyl (C=O) groups excluding carboxylic acids is 2. The molecule has 152 valence electrons. The van der Waals surface area contributed by atoms with E-state index in [9.17, 15) is 14.0 Å². The Kier molecular flexibility index (Phi) is 6.86. The number of fused-ring (bicyclic) bond motifs is 1. The number of benzene rings is 1. The first kappa shape index (κ1) is 21.0. The maximum Gasteiger partial charge on any atom is 0.227 e. The minimum atomic E-state index is -0.332. The largest absolute Gasteiger partial charge is 0.340 e. The third-order valence-electron chi connectivity index (χ3n) is 6.04. The molecule has 0 aliphatic heterocycles. The van der Waals surface area contributed by atoms with Crippen LogP contribution in [0, 0.1) is 11.7 Å². The van der Waals surface area contributed by atoms with E-state index in [0.29, 0.717) is 28.4 Å². The van der Waals surface area contributed by atoms with Crippen molar-refractivity contribution in [2.24, 2.45) is 5.92 Å². The van der Waals surface area contributed by atoms with Gasteiger partial charge < -0.3 is 4.90 Å². The fourth-order valence-corrected chi connectivity index (χ4v) is 5.44. The Morgan fingerprint density at radius 3 is 2.57 bits per heavy atom. The van der Waals surface area contributed by atoms with Crippen LogP contribution in [0.2, 0.25) is 0 Å². The van der Waals surface area contributed by atoms with Crippen LogP contribution >= 0.6 is 11.3 Å². The van der Waals surface area contributed by atoms with Crippen LogP contribution in [0.25, 0.3) is 10.1 Å². The van der Waals surface area contributed by atoms with Gasteiger partial charge >= 0.3 is 0 Å². The second-order valence-corrected chi connectivity index (χ2v) is 8.92. The van der Waals surface area contributed by atoms with E-state index in [1.165, 1.54) is 42.7 Å². The Bertz CT molecular complexity index is 854. The van der Waals surface area contributed by atoms with Crippen LogP contribution in [0.1, 0.15) is 74.5 Å². The summed E-state index contributed by atoms with van der Waals surface area (Å²) in [6.07, 6.45) is 6.60. The Balaban J connectivity index is 1.96. The van der Waals surface area contributed by atoms with Crippen molar-refractivity contribution in [3.63, 3.8) is 0 Å². The third kappa shape index (κ3) is 4.29. The summed E-state index contributed by atoms with van der Waals surface area (Å²) >= 11 is 1.39. The average molecular weight is 404 g/mol. The zero-order chi connectivity index (χ0) is 20.3. The molecule has 1 heterocycles. The highest BCUT2D eigenvalue weighted by Gasteiger charge is 2.28. The number of halogens is 1. The SMILES string of the molecule is CCC(C)C(=O)c1sc2ccc(F)cc2c1CC(=O)N(CC)C1CCCCC1. The number of amides is 1. The second-order valence-electron chi connectivity index (χ2n) is 7.87. The molecule has 1 saturated carbocycles. The number of Topliss-reactive ketones (excluding diaryl/α,β-unsaturated/α-hetero) is 1. The van der Waals surface area contributed by atoms with E-state index < -0.39 is 0 Å². The van der Waals surface area contributed by atoms with E-state index in [-0.39, 0.29) is 29.8 Å². The van der Waals surface area contributed by atoms with Gasteiger partial charge in [0.1, 0.15) is 5.82 Å². The minimum Gasteiger partial charge on any atom is -0.340 e. The number of nitrogens with zero attached hydrogens (tertiary/aromatic N) is 1. The number of rotatable bonds is 7. The molecule has 3 rings (SSSR count). The van der Waals surface area contributed by atoms with Crippen LogP contribution < -0.4 is 0 Å². The van der Waals surface area contributed by atoms with Crippen molar-refractivity contribution >= 4 is 33.1 Å². The van der Waals surface area contributed by atoms with Crippen LogP contribution in [-0.4, -0.2) is 29.2 Å². The van der Waals surface area contributed by atoms with Gasteiger partial charge in [-0.3, -0.25) is 9.59 Å². The predicted octanol–water partition coefficient (Wildman–Crippen LogP) is 5.99. The van der Waals surface area contributed by atoms with E-state index in [2.05, 4.69) is 0 Å². The molecule has 0 radical (unpaired) electrons. The van der Waals surface area contributed by atoms with Gasteiger partial charge in [-0.05, 0) is 55.3 Å². The van der Waals surface area contributed by atoms with Crippen molar-refractivity contribution in [3.05, 3.63) is 34.5 Å². The van der Waals surface area contributed by atoms with Gasteiger partial charge in [0.25, 0.3) is 0 Å². The lowest BCUT2D eigenvalue weighted by Crippen LogP contribution is -2.42. The maximum atomic E-state index is 13.9. The first-order valence-corrected chi connectivity index (χ1v) is 11.3. The smallest absolute Gasteiger partial charge is 0.227 e. The van der Waals surface area contributed by atoms with Gasteiger partial charge in [-0.1, -0.05) is 33.1 Å². The van der Waals surface area contributed by atoms with Gasteiger partial charge in [-0.2, -0.15) is 0 Å². The molecule has 1 amide bonds. The van der Waals surface area contributed by atoms with Crippen LogP contribution in [0.5, 0.6) is 0 Å². The first-order valence-electron chi connectivity index (χ1n) is 10.5. The number of hydrogen-bond donors (Lipinski definition) is 0. The van der Waals surface area contributed by atoms with E-state index in [1.54, 1.807) is 6.07 Å². The van der Waals surface area contributed by atoms with Crippen LogP contribution in [0.3, 0.4) is 0 Å². The second kappa shape index (κ2) is 9.17. The normalized spacial score (nSPS) is 16.3. The van der Waals surface area contributed by atoms with E-state index in [4.69, 9.17) is 0 Å². The number of thiophene rings is 1. The monoisotopic (exact) mass is 403 g/mol. The van der Waals surface area contributed by atoms with Crippen molar-refractivity contribution in [1.82, 2.24) is 4.90 Å². The Hall–Kier alpha value is -1.75. The fraction of sp³-hybridized carbons (Fsp3) is 0.565. The van der Waals surface area contributed by atoms with E-state index in [0.717, 1.165) is 24.0 Å². The zero-order valence-corrected chi connectivity index (χ0v) is 17.9. The van der Waals surface area contributed by atoms with Crippen molar-refractivity contribution in [1.29, 1.82) is 0 Å². The molecule has 0 N–H and O–H groups in total. The molecular formula is C23H30FNO2S. The molecule has 0 spiro atoms. The molecule has 3 nitrogen and oxygen atoms in total. The lowest BCUT2D eigenvalue weighted by molar-refractivity contribution is -0.133. The summed E-state index contributed by atoms with van der Waals surface area (Å²) in [6.45, 7) is 6.60. The zero-order valence-electron chi connectivity index (χ0n) is 17.1. The standard InChI is InChI=1S/C23H30FNO2S/c1-4-15(3)22(27)23-19(18-13-16(24)11-12-20(18)28-23)14-21(26)25(5-2)17-9-7-6-8-10-17/h11-13,15,17H,4-10,14H2,1-3H3. The summed E-state index contributed by atoms with van der Waals surface area (Å²) in [5.74, 6) is -0.322. The Labute approximate surface area is 170 Å². The Morgan fingerprint density at radius 2 is 1.93 bits per heavy atom. The lowest BCUT2D eigenvalue weighted by Gasteiger charge is -2.33. The van der Waals surface area contributed by atoms with Crippen LogP contribution in [0.4, 0.5) is 4.39 Å². The lowest BCUT2D eigenvalue weighted by atomic mass is 9.93. The number of hydrogen-bond acceptors (Lipinski definition) is 3. The molecule has 1 aliphatic carbocycles. The predicted molar refractivity (Wildman–Crippen MR) is 114 cm³/mol. The summed E-state index contributed by atoms with van der Waals surface area (Å²) in [4.78, 5) is 28.8. The molecule has 1 unspecified atom stereocenters. The quantitative estimate of drug-likeness (QED) is 0.532. The van der Waals surface area contributed by atoms with E-state index in [1.807, 2.05) is 25.7 Å². The molecule has 1 aromatic carbocycles. The average Bonchev–Trinajstić information content (AvgIpc) is 3.05. The Morgan fingerprint density at radius 1 is 1.21 bits per heavy atom. The van der Waals surface area contributed by atoms with Gasteiger partial charge in [-0.15, -0.1) is 11.3 Å². The summed E-state index contributed by atoms with van der Waals surface area (Å²) in [6, 6.07) is 4.90. The molecule has 1 atom stereocenters. The summed E-state index contributed by atoms with van der Waals surface area (Å²) < 4.78 is 14.8. The first-order chi connectivity index (χ1) is 13.5. The van der Waals surface area contributed by atoms with Gasteiger partial charge in [0.05, 0.1) is 11.3 Å². The van der Waals surface area contributed by atoms with Gasteiger partial charge in [0.2, 0.25) is 5.91 Å². The summed E-state index contributed by atoms with van der Waals surface area (Å²) in [7, 11) is 0. The molecular weight excluding hydrogens is 373 g/mol. The van der Waals surface area contributed by atoms with Gasteiger partial charge in [0, 0.05) is 23.2 Å². The molecule has 1 aliphatic rings. The van der Waals surface area contributed by atoms with Crippen molar-refractivity contribution < 1.29 is 14.0 Å². The molecule has 5 heteroatoms. The molecule has 0 bridgehead atoms. The van der Waals surface area contributed by atoms with E-state index >= 15 is 0 Å². The minimum absolute atomic E-state index is 0.0524. The van der Waals surface area contributed by atoms with Crippen LogP contribution in [0.15, 0.2) is 18.2 Å². The molecule has 1 fully saturated rings. The highest BCUT2D eigenvalue weighted by Crippen LogP contribution is 2.35. The highest BCUT2D eigenvalue weighted by molar-refractivity contribution is 7.21. The van der Waals surface area contributed by atoms with Gasteiger partial charge in [-0.25, -0.2) is 4.39 Å². The molecule has 0 saturated heterocycles. The fourth-order valence-electron chi connectivity index (χ4n) is 4.19. The molecule has 28 heavy (non-hydrogen) atoms. The van der Waals surface area contributed by atoms with Crippen molar-refractivity contribution in [3.8, 4) is 0 Å². The number of carbonyl (C=O) groups is 2. The highest BCUT2D eigenvalue weighted by atomic mass is 32.1. The van der Waals surface area contributed by atoms with Crippen LogP contribution in [-0.2, 0) is 11.2 Å². The molecule has 2 aromatic rings. The molecule has 1 aromatic heterocycles. The number of likely N-dealkylation sites (N-methyl/N-ethyl adjacent to an activating group) is 1.